The van der Waals surface area contributed by atoms with Crippen molar-refractivity contribution in [1.29, 1.82) is 0 Å². The van der Waals surface area contributed by atoms with Gasteiger partial charge in [0, 0.05) is 12.1 Å². The van der Waals surface area contributed by atoms with Crippen molar-refractivity contribution in [2.24, 2.45) is 23.5 Å². The lowest BCUT2D eigenvalue weighted by atomic mass is 9.69. The smallest absolute Gasteiger partial charge is 0.0309 e. The Kier molecular flexibility index (Phi) is 2.85. The Morgan fingerprint density at radius 3 is 2.50 bits per heavy atom. The second kappa shape index (κ2) is 3.82. The van der Waals surface area contributed by atoms with E-state index in [9.17, 15) is 0 Å². The van der Waals surface area contributed by atoms with E-state index in [-0.39, 0.29) is 0 Å². The summed E-state index contributed by atoms with van der Waals surface area (Å²) in [6, 6.07) is 0. The topological polar surface area (TPSA) is 38.0 Å². The molecular formula is C12H24N2. The molecule has 1 unspecified atom stereocenters. The second-order valence-corrected chi connectivity index (χ2v) is 5.69. The van der Waals surface area contributed by atoms with E-state index in [2.05, 4.69) is 19.2 Å². The molecule has 0 aromatic carbocycles. The van der Waals surface area contributed by atoms with Crippen molar-refractivity contribution in [2.45, 2.75) is 45.1 Å². The first kappa shape index (κ1) is 10.4. The first-order valence-corrected chi connectivity index (χ1v) is 6.10. The third kappa shape index (κ3) is 2.12. The lowest BCUT2D eigenvalue weighted by molar-refractivity contribution is 0.117. The second-order valence-electron chi connectivity index (χ2n) is 5.69. The van der Waals surface area contributed by atoms with Gasteiger partial charge in [-0.15, -0.1) is 0 Å². The molecule has 2 fully saturated rings. The maximum absolute atomic E-state index is 5.85. The Morgan fingerprint density at radius 1 is 1.43 bits per heavy atom. The Labute approximate surface area is 87.6 Å². The molecule has 0 aliphatic heterocycles. The summed E-state index contributed by atoms with van der Waals surface area (Å²) in [4.78, 5) is 0. The minimum absolute atomic E-state index is 0.308. The monoisotopic (exact) mass is 196 g/mol. The zero-order valence-electron chi connectivity index (χ0n) is 9.55. The molecule has 2 nitrogen and oxygen atoms in total. The molecule has 0 saturated heterocycles. The van der Waals surface area contributed by atoms with Crippen LogP contribution in [-0.4, -0.2) is 18.6 Å². The van der Waals surface area contributed by atoms with Crippen molar-refractivity contribution in [2.75, 3.05) is 13.1 Å². The molecule has 0 heterocycles. The number of hydrogen-bond donors (Lipinski definition) is 2. The number of nitrogens with one attached hydrogen (secondary N) is 1. The van der Waals surface area contributed by atoms with Crippen molar-refractivity contribution in [3.63, 3.8) is 0 Å². The summed E-state index contributed by atoms with van der Waals surface area (Å²) in [5.41, 5.74) is 6.15. The van der Waals surface area contributed by atoms with Crippen molar-refractivity contribution < 1.29 is 0 Å². The van der Waals surface area contributed by atoms with Crippen LogP contribution >= 0.6 is 0 Å². The van der Waals surface area contributed by atoms with Crippen LogP contribution < -0.4 is 11.1 Å². The van der Waals surface area contributed by atoms with Crippen molar-refractivity contribution in [3.8, 4) is 0 Å². The van der Waals surface area contributed by atoms with Crippen LogP contribution in [0.5, 0.6) is 0 Å². The van der Waals surface area contributed by atoms with E-state index in [1.165, 1.54) is 32.2 Å². The molecule has 0 spiro atoms. The van der Waals surface area contributed by atoms with Crippen LogP contribution in [0.1, 0.15) is 39.5 Å². The van der Waals surface area contributed by atoms with Crippen molar-refractivity contribution in [1.82, 2.24) is 5.32 Å². The normalized spacial score (nSPS) is 39.2. The molecule has 0 aromatic rings. The average Bonchev–Trinajstić information content (AvgIpc) is 2.92. The van der Waals surface area contributed by atoms with E-state index in [1.807, 2.05) is 0 Å². The lowest BCUT2D eigenvalue weighted by Crippen LogP contribution is -2.60. The Morgan fingerprint density at radius 2 is 2.07 bits per heavy atom. The molecule has 0 amide bonds. The molecule has 1 atom stereocenters. The molecule has 0 radical (unpaired) electrons. The third-order valence-corrected chi connectivity index (χ3v) is 4.09. The maximum Gasteiger partial charge on any atom is 0.0309 e. The molecule has 2 aliphatic carbocycles. The van der Waals surface area contributed by atoms with Crippen LogP contribution in [0.4, 0.5) is 0 Å². The van der Waals surface area contributed by atoms with Gasteiger partial charge in [0.05, 0.1) is 0 Å². The van der Waals surface area contributed by atoms with Gasteiger partial charge in [-0.25, -0.2) is 0 Å². The zero-order valence-corrected chi connectivity index (χ0v) is 9.55. The molecule has 14 heavy (non-hydrogen) atoms. The van der Waals surface area contributed by atoms with Gasteiger partial charge in [-0.3, -0.25) is 0 Å². The highest BCUT2D eigenvalue weighted by atomic mass is 15.0. The first-order valence-electron chi connectivity index (χ1n) is 6.10. The van der Waals surface area contributed by atoms with Gasteiger partial charge in [0.15, 0.2) is 0 Å². The summed E-state index contributed by atoms with van der Waals surface area (Å²) in [6.07, 6.45) is 5.46. The predicted molar refractivity (Wildman–Crippen MR) is 60.1 cm³/mol. The minimum atomic E-state index is 0.308. The van der Waals surface area contributed by atoms with E-state index >= 15 is 0 Å². The standard InChI is InChI=1S/C12H24N2/c1-9-5-12(6-9,8-13)14-7-10(2)11-3-4-11/h9-11,14H,3-8,13H2,1-2H3. The van der Waals surface area contributed by atoms with E-state index < -0.39 is 0 Å². The number of nitrogens with two attached hydrogens (primary N) is 1. The third-order valence-electron chi connectivity index (χ3n) is 4.09. The van der Waals surface area contributed by atoms with E-state index in [0.29, 0.717) is 5.54 Å². The van der Waals surface area contributed by atoms with Crippen LogP contribution in [-0.2, 0) is 0 Å². The highest BCUT2D eigenvalue weighted by Crippen LogP contribution is 2.39. The minimum Gasteiger partial charge on any atom is -0.329 e. The van der Waals surface area contributed by atoms with E-state index in [1.54, 1.807) is 0 Å². The van der Waals surface area contributed by atoms with Gasteiger partial charge in [0.2, 0.25) is 0 Å². The van der Waals surface area contributed by atoms with E-state index in [4.69, 9.17) is 5.73 Å². The highest BCUT2D eigenvalue weighted by Gasteiger charge is 2.41. The molecule has 2 aliphatic rings. The molecule has 82 valence electrons. The fourth-order valence-electron chi connectivity index (χ4n) is 2.87. The molecular weight excluding hydrogens is 172 g/mol. The summed E-state index contributed by atoms with van der Waals surface area (Å²) in [7, 11) is 0. The lowest BCUT2D eigenvalue weighted by Gasteiger charge is -2.47. The quantitative estimate of drug-likeness (QED) is 0.703. The summed E-state index contributed by atoms with van der Waals surface area (Å²) >= 11 is 0. The fraction of sp³-hybridized carbons (Fsp3) is 1.00. The van der Waals surface area contributed by atoms with Crippen molar-refractivity contribution in [3.05, 3.63) is 0 Å². The fourth-order valence-corrected chi connectivity index (χ4v) is 2.87. The molecule has 3 N–H and O–H groups in total. The Hall–Kier alpha value is -0.0800. The molecule has 2 saturated carbocycles. The van der Waals surface area contributed by atoms with Crippen LogP contribution in [0.15, 0.2) is 0 Å². The molecule has 2 rings (SSSR count). The van der Waals surface area contributed by atoms with Crippen LogP contribution in [0.3, 0.4) is 0 Å². The summed E-state index contributed by atoms with van der Waals surface area (Å²) in [5.74, 6) is 2.74. The zero-order chi connectivity index (χ0) is 10.2. The van der Waals surface area contributed by atoms with E-state index in [0.717, 1.165) is 24.3 Å². The predicted octanol–water partition coefficient (Wildman–Crippen LogP) is 1.75. The van der Waals surface area contributed by atoms with Gasteiger partial charge in [-0.1, -0.05) is 13.8 Å². The van der Waals surface area contributed by atoms with Gasteiger partial charge >= 0.3 is 0 Å². The van der Waals surface area contributed by atoms with Crippen LogP contribution in [0.25, 0.3) is 0 Å². The first-order chi connectivity index (χ1) is 6.65. The Balaban J connectivity index is 1.72. The molecule has 0 aromatic heterocycles. The summed E-state index contributed by atoms with van der Waals surface area (Å²) < 4.78 is 0. The number of hydrogen-bond acceptors (Lipinski definition) is 2. The summed E-state index contributed by atoms with van der Waals surface area (Å²) in [6.45, 7) is 6.68. The highest BCUT2D eigenvalue weighted by molar-refractivity contribution is 5.00. The van der Waals surface area contributed by atoms with Crippen LogP contribution in [0.2, 0.25) is 0 Å². The average molecular weight is 196 g/mol. The molecule has 0 bridgehead atoms. The van der Waals surface area contributed by atoms with Gasteiger partial charge in [0.1, 0.15) is 0 Å². The molecule has 2 heteroatoms. The van der Waals surface area contributed by atoms with Gasteiger partial charge in [-0.2, -0.15) is 0 Å². The SMILES string of the molecule is CC1CC(CN)(NCC(C)C2CC2)C1. The van der Waals surface area contributed by atoms with Gasteiger partial charge in [0.25, 0.3) is 0 Å². The largest absolute Gasteiger partial charge is 0.329 e. The maximum atomic E-state index is 5.85. The van der Waals surface area contributed by atoms with Gasteiger partial charge < -0.3 is 11.1 Å². The Bertz CT molecular complexity index is 192. The number of rotatable bonds is 5. The van der Waals surface area contributed by atoms with Crippen LogP contribution in [0, 0.1) is 17.8 Å². The summed E-state index contributed by atoms with van der Waals surface area (Å²) in [5, 5.41) is 3.71. The van der Waals surface area contributed by atoms with Gasteiger partial charge in [-0.05, 0) is 50.0 Å². The van der Waals surface area contributed by atoms with Crippen molar-refractivity contribution >= 4 is 0 Å².